The highest BCUT2D eigenvalue weighted by Gasteiger charge is 2.35. The molecule has 4 rings (SSSR count). The average molecular weight is 636 g/mol. The van der Waals surface area contributed by atoms with Crippen molar-refractivity contribution < 1.29 is 23.9 Å². The molecule has 9 nitrogen and oxygen atoms in total. The van der Waals surface area contributed by atoms with E-state index in [2.05, 4.69) is 27.3 Å². The minimum absolute atomic E-state index is 0.180. The monoisotopic (exact) mass is 634 g/mol. The lowest BCUT2D eigenvalue weighted by Crippen LogP contribution is -2.54. The number of aryl methyl sites for hydroxylation is 1. The molecule has 3 aromatic carbocycles. The molecule has 0 aliphatic carbocycles. The van der Waals surface area contributed by atoms with Gasteiger partial charge in [0.15, 0.2) is 0 Å². The van der Waals surface area contributed by atoms with Crippen LogP contribution in [0, 0.1) is 11.3 Å². The number of halogens is 1. The fourth-order valence-corrected chi connectivity index (χ4v) is 5.34. The van der Waals surface area contributed by atoms with Crippen LogP contribution in [0.1, 0.15) is 50.8 Å². The van der Waals surface area contributed by atoms with E-state index < -0.39 is 29.7 Å². The van der Waals surface area contributed by atoms with Gasteiger partial charge in [0.05, 0.1) is 25.3 Å². The molecule has 0 spiro atoms. The zero-order valence-electron chi connectivity index (χ0n) is 24.7. The molecule has 220 valence electrons. The van der Waals surface area contributed by atoms with E-state index in [1.165, 1.54) is 11.9 Å². The number of nitriles is 1. The largest absolute Gasteiger partial charge is 0.496 e. The molecule has 2 atom stereocenters. The van der Waals surface area contributed by atoms with Crippen LogP contribution < -0.4 is 15.0 Å². The molecule has 0 fully saturated rings. The number of fused-ring (bicyclic) bond motifs is 2. The van der Waals surface area contributed by atoms with Gasteiger partial charge < -0.3 is 19.7 Å². The molecule has 3 aromatic rings. The van der Waals surface area contributed by atoms with Crippen molar-refractivity contribution in [1.82, 2.24) is 10.2 Å². The van der Waals surface area contributed by atoms with Crippen LogP contribution in [0.15, 0.2) is 53.0 Å². The number of nitrogens with one attached hydrogen (secondary N) is 1. The number of amides is 3. The Kier molecular flexibility index (Phi) is 9.12. The van der Waals surface area contributed by atoms with Crippen LogP contribution >= 0.6 is 15.9 Å². The molecular formula is C32H35BrN4O5. The van der Waals surface area contributed by atoms with E-state index >= 15 is 0 Å². The summed E-state index contributed by atoms with van der Waals surface area (Å²) in [5.74, 6) is -0.140. The van der Waals surface area contributed by atoms with Crippen molar-refractivity contribution >= 4 is 50.3 Å². The van der Waals surface area contributed by atoms with Crippen molar-refractivity contribution in [2.45, 2.75) is 64.8 Å². The van der Waals surface area contributed by atoms with Crippen molar-refractivity contribution in [3.8, 4) is 11.8 Å². The summed E-state index contributed by atoms with van der Waals surface area (Å²) < 4.78 is 12.0. The number of hydrogen-bond acceptors (Lipinski definition) is 6. The number of likely N-dealkylation sites (N-methyl/N-ethyl adjacent to an activating group) is 1. The summed E-state index contributed by atoms with van der Waals surface area (Å²) in [6, 6.07) is 15.4. The second-order valence-electron chi connectivity index (χ2n) is 11.4. The third kappa shape index (κ3) is 6.68. The standard InChI is InChI=1S/C32H35BrN4O5/c1-19(36(5)31(40)42-32(2,3)4)29(38)35-26-12-8-22-15-20(17-34)7-13-27(22)37(30(26)39)18-25-24-11-10-23(33)16-21(24)9-14-28(25)41-6/h7,9-11,13-16,19,26H,8,12,18H2,1-6H3,(H,35,38)/t19-,26-/m0/s1. The number of carbonyl (C=O) groups is 3. The van der Waals surface area contributed by atoms with Gasteiger partial charge in [-0.1, -0.05) is 28.1 Å². The van der Waals surface area contributed by atoms with Crippen molar-refractivity contribution in [1.29, 1.82) is 5.26 Å². The van der Waals surface area contributed by atoms with E-state index in [9.17, 15) is 19.6 Å². The Hall–Kier alpha value is -4.10. The molecule has 1 aliphatic heterocycles. The van der Waals surface area contributed by atoms with Crippen LogP contribution in [0.25, 0.3) is 10.8 Å². The number of carbonyl (C=O) groups excluding carboxylic acids is 3. The molecule has 42 heavy (non-hydrogen) atoms. The number of ether oxygens (including phenoxy) is 2. The molecule has 0 aromatic heterocycles. The highest BCUT2D eigenvalue weighted by Crippen LogP contribution is 2.35. The summed E-state index contributed by atoms with van der Waals surface area (Å²) in [4.78, 5) is 43.0. The average Bonchev–Trinajstić information content (AvgIpc) is 3.07. The Morgan fingerprint density at radius 2 is 1.93 bits per heavy atom. The van der Waals surface area contributed by atoms with Crippen molar-refractivity contribution in [3.63, 3.8) is 0 Å². The quantitative estimate of drug-likeness (QED) is 0.372. The third-order valence-electron chi connectivity index (χ3n) is 7.31. The minimum atomic E-state index is -0.881. The van der Waals surface area contributed by atoms with Crippen molar-refractivity contribution in [2.75, 3.05) is 19.1 Å². The molecule has 3 amide bonds. The van der Waals surface area contributed by atoms with Crippen LogP contribution in [0.4, 0.5) is 10.5 Å². The molecule has 10 heteroatoms. The highest BCUT2D eigenvalue weighted by molar-refractivity contribution is 9.10. The molecule has 0 saturated heterocycles. The van der Waals surface area contributed by atoms with E-state index in [0.717, 1.165) is 26.4 Å². The Bertz CT molecular complexity index is 1580. The predicted molar refractivity (Wildman–Crippen MR) is 164 cm³/mol. The first-order chi connectivity index (χ1) is 19.8. The molecule has 0 saturated carbocycles. The Balaban J connectivity index is 1.69. The Morgan fingerprint density at radius 1 is 1.19 bits per heavy atom. The van der Waals surface area contributed by atoms with Crippen molar-refractivity contribution in [3.05, 3.63) is 69.7 Å². The van der Waals surface area contributed by atoms with Crippen molar-refractivity contribution in [2.24, 2.45) is 0 Å². The maximum absolute atomic E-state index is 14.2. The van der Waals surface area contributed by atoms with E-state index in [1.807, 2.05) is 30.3 Å². The zero-order chi connectivity index (χ0) is 30.8. The van der Waals surface area contributed by atoms with Gasteiger partial charge in [-0.25, -0.2) is 4.79 Å². The number of rotatable bonds is 6. The van der Waals surface area contributed by atoms with Gasteiger partial charge in [-0.2, -0.15) is 5.26 Å². The Morgan fingerprint density at radius 3 is 2.60 bits per heavy atom. The van der Waals surface area contributed by atoms with Crippen LogP contribution in [-0.2, 0) is 27.3 Å². The SMILES string of the molecule is COc1ccc2cc(Br)ccc2c1CN1C(=O)[C@@H](NC(=O)[C@H](C)N(C)C(=O)OC(C)(C)C)CCc2cc(C#N)ccc21. The van der Waals surface area contributed by atoms with E-state index in [1.54, 1.807) is 57.9 Å². The number of methoxy groups -OCH3 is 1. The smallest absolute Gasteiger partial charge is 0.410 e. The number of nitrogens with zero attached hydrogens (tertiary/aromatic N) is 3. The molecular weight excluding hydrogens is 600 g/mol. The topological polar surface area (TPSA) is 112 Å². The highest BCUT2D eigenvalue weighted by atomic mass is 79.9. The molecule has 1 aliphatic rings. The number of anilines is 1. The van der Waals surface area contributed by atoms with Gasteiger partial charge in [0.2, 0.25) is 11.8 Å². The molecule has 0 radical (unpaired) electrons. The molecule has 1 N–H and O–H groups in total. The second-order valence-corrected chi connectivity index (χ2v) is 12.3. The normalized spacial score (nSPS) is 15.7. The van der Waals surface area contributed by atoms with Gasteiger partial charge in [0.25, 0.3) is 0 Å². The molecule has 0 unspecified atom stereocenters. The predicted octanol–water partition coefficient (Wildman–Crippen LogP) is 5.70. The maximum Gasteiger partial charge on any atom is 0.410 e. The summed E-state index contributed by atoms with van der Waals surface area (Å²) >= 11 is 3.53. The lowest BCUT2D eigenvalue weighted by Gasteiger charge is -2.30. The second kappa shape index (κ2) is 12.4. The lowest BCUT2D eigenvalue weighted by atomic mass is 10.0. The van der Waals surface area contributed by atoms with Gasteiger partial charge in [-0.3, -0.25) is 14.5 Å². The third-order valence-corrected chi connectivity index (χ3v) is 7.80. The fraction of sp³-hybridized carbons (Fsp3) is 0.375. The van der Waals surface area contributed by atoms with E-state index in [4.69, 9.17) is 9.47 Å². The van der Waals surface area contributed by atoms with Crippen LogP contribution in [0.2, 0.25) is 0 Å². The summed E-state index contributed by atoms with van der Waals surface area (Å²) in [5.41, 5.74) is 2.09. The van der Waals surface area contributed by atoms with Gasteiger partial charge >= 0.3 is 6.09 Å². The van der Waals surface area contributed by atoms with Gasteiger partial charge in [0, 0.05) is 22.8 Å². The maximum atomic E-state index is 14.2. The Labute approximate surface area is 254 Å². The zero-order valence-corrected chi connectivity index (χ0v) is 26.2. The molecule has 0 bridgehead atoms. The van der Waals surface area contributed by atoms with Gasteiger partial charge in [0.1, 0.15) is 23.4 Å². The lowest BCUT2D eigenvalue weighted by molar-refractivity contribution is -0.130. The summed E-state index contributed by atoms with van der Waals surface area (Å²) in [5, 5.41) is 14.3. The first-order valence-electron chi connectivity index (χ1n) is 13.7. The fourth-order valence-electron chi connectivity index (χ4n) is 4.96. The van der Waals surface area contributed by atoms with Gasteiger partial charge in [-0.05, 0) is 93.3 Å². The van der Waals surface area contributed by atoms with E-state index in [-0.39, 0.29) is 12.5 Å². The first kappa shape index (κ1) is 30.8. The first-order valence-corrected chi connectivity index (χ1v) is 14.5. The number of hydrogen-bond donors (Lipinski definition) is 1. The van der Waals surface area contributed by atoms with Crippen LogP contribution in [0.5, 0.6) is 5.75 Å². The van der Waals surface area contributed by atoms with Crippen LogP contribution in [0.3, 0.4) is 0 Å². The molecule has 1 heterocycles. The van der Waals surface area contributed by atoms with E-state index in [0.29, 0.717) is 29.8 Å². The van der Waals surface area contributed by atoms with Crippen LogP contribution in [-0.4, -0.2) is 54.6 Å². The minimum Gasteiger partial charge on any atom is -0.496 e. The summed E-state index contributed by atoms with van der Waals surface area (Å²) in [7, 11) is 3.08. The van der Waals surface area contributed by atoms with Gasteiger partial charge in [-0.15, -0.1) is 0 Å². The summed E-state index contributed by atoms with van der Waals surface area (Å²) in [6.07, 6.45) is 0.157. The summed E-state index contributed by atoms with van der Waals surface area (Å²) in [6.45, 7) is 7.02. The number of benzene rings is 3.